The highest BCUT2D eigenvalue weighted by atomic mass is 31.2. The van der Waals surface area contributed by atoms with E-state index in [1.54, 1.807) is 36.7 Å². The van der Waals surface area contributed by atoms with E-state index in [1.807, 2.05) is 11.6 Å². The number of methoxy groups -OCH3 is 1. The maximum absolute atomic E-state index is 13.6. The molecule has 0 radical (unpaired) electrons. The molecule has 2 aromatic heterocycles. The second-order valence-corrected chi connectivity index (χ2v) is 11.1. The molecule has 1 saturated carbocycles. The van der Waals surface area contributed by atoms with Crippen molar-refractivity contribution in [2.24, 2.45) is 0 Å². The number of nitrogens with two attached hydrogens (primary N) is 1. The number of ether oxygens (including phenoxy) is 2. The third-order valence-electron chi connectivity index (χ3n) is 6.55. The number of nitrogens with zero attached hydrogens (tertiary/aromatic N) is 5. The van der Waals surface area contributed by atoms with Gasteiger partial charge in [-0.15, -0.1) is 0 Å². The normalized spacial score (nSPS) is 21.7. The Kier molecular flexibility index (Phi) is 7.53. The van der Waals surface area contributed by atoms with Gasteiger partial charge in [-0.2, -0.15) is 15.1 Å². The van der Waals surface area contributed by atoms with Crippen molar-refractivity contribution in [1.29, 1.82) is 0 Å². The van der Waals surface area contributed by atoms with Gasteiger partial charge in [-0.05, 0) is 44.7 Å². The number of carbonyl (C=O) groups is 1. The van der Waals surface area contributed by atoms with Crippen LogP contribution in [0.15, 0.2) is 36.7 Å². The molecule has 3 aromatic rings. The first kappa shape index (κ1) is 26.4. The third-order valence-corrected chi connectivity index (χ3v) is 8.19. The lowest BCUT2D eigenvalue weighted by atomic mass is 10.2. The van der Waals surface area contributed by atoms with Crippen LogP contribution in [0.2, 0.25) is 0 Å². The predicted octanol–water partition coefficient (Wildman–Crippen LogP) is 3.04. The summed E-state index contributed by atoms with van der Waals surface area (Å²) in [5, 5.41) is 2.65. The summed E-state index contributed by atoms with van der Waals surface area (Å²) in [5.41, 5.74) is 7.29. The monoisotopic (exact) mass is 545 g/mol. The molecule has 13 nitrogen and oxygen atoms in total. The number of anilines is 2. The van der Waals surface area contributed by atoms with E-state index in [2.05, 4.69) is 24.9 Å². The van der Waals surface area contributed by atoms with Crippen molar-refractivity contribution in [3.63, 3.8) is 0 Å². The molecule has 14 heteroatoms. The molecule has 0 spiro atoms. The Bertz CT molecular complexity index is 1330. The van der Waals surface area contributed by atoms with Crippen LogP contribution in [0, 0.1) is 0 Å². The fraction of sp³-hybridized carbons (Fsp3) is 0.500. The molecule has 0 unspecified atom stereocenters. The summed E-state index contributed by atoms with van der Waals surface area (Å²) in [6, 6.07) is 8.11. The predicted molar refractivity (Wildman–Crippen MR) is 140 cm³/mol. The summed E-state index contributed by atoms with van der Waals surface area (Å²) in [6.07, 6.45) is 4.46. The smallest absolute Gasteiger partial charge is 0.459 e. The van der Waals surface area contributed by atoms with Gasteiger partial charge >= 0.3 is 13.7 Å². The average Bonchev–Trinajstić information content (AvgIpc) is 3.51. The molecule has 2 aliphatic rings. The topological polar surface area (TPSA) is 156 Å². The molecule has 0 bridgehead atoms. The molecule has 1 aliphatic carbocycles. The van der Waals surface area contributed by atoms with Gasteiger partial charge in [-0.3, -0.25) is 13.9 Å². The highest BCUT2D eigenvalue weighted by Crippen LogP contribution is 2.46. The van der Waals surface area contributed by atoms with Crippen molar-refractivity contribution in [2.75, 3.05) is 31.4 Å². The third kappa shape index (κ3) is 5.75. The van der Waals surface area contributed by atoms with Crippen LogP contribution in [-0.4, -0.2) is 64.4 Å². The molecule has 4 atom stereocenters. The molecule has 3 N–H and O–H groups in total. The van der Waals surface area contributed by atoms with Crippen molar-refractivity contribution in [3.8, 4) is 5.75 Å². The summed E-state index contributed by atoms with van der Waals surface area (Å²) in [4.78, 5) is 27.4. The van der Waals surface area contributed by atoms with E-state index < -0.39 is 19.8 Å². The van der Waals surface area contributed by atoms with Crippen molar-refractivity contribution in [1.82, 2.24) is 24.6 Å². The van der Waals surface area contributed by atoms with Gasteiger partial charge in [0, 0.05) is 13.1 Å². The number of para-hydroxylation sites is 1. The number of benzene rings is 1. The largest absolute Gasteiger partial charge is 0.468 e. The van der Waals surface area contributed by atoms with Gasteiger partial charge < -0.3 is 24.6 Å². The van der Waals surface area contributed by atoms with Gasteiger partial charge in [0.15, 0.2) is 17.0 Å². The molecule has 5 rings (SSSR count). The maximum Gasteiger partial charge on any atom is 0.459 e. The summed E-state index contributed by atoms with van der Waals surface area (Å²) < 4.78 is 37.8. The van der Waals surface area contributed by atoms with E-state index >= 15 is 0 Å². The molecule has 0 amide bonds. The lowest BCUT2D eigenvalue weighted by Gasteiger charge is -2.24. The van der Waals surface area contributed by atoms with Gasteiger partial charge in [-0.1, -0.05) is 18.2 Å². The number of nitrogens with one attached hydrogen (secondary N) is 1. The van der Waals surface area contributed by atoms with Crippen LogP contribution in [0.5, 0.6) is 5.75 Å². The van der Waals surface area contributed by atoms with E-state index in [9.17, 15) is 9.36 Å². The molecule has 204 valence electrons. The van der Waals surface area contributed by atoms with Crippen molar-refractivity contribution in [3.05, 3.63) is 36.7 Å². The second-order valence-electron chi connectivity index (χ2n) is 9.43. The maximum atomic E-state index is 13.6. The molecular formula is C24H32N7O6P. The van der Waals surface area contributed by atoms with Crippen LogP contribution in [0.4, 0.5) is 11.8 Å². The standard InChI is InChI=1S/C24H32N7O6P/c1-15(23(32)34-3)29-38(33,37-17-7-5-4-6-8-17)35-13-18-11-12-19(36-18)31-14-26-20-21(30(2)16-9-10-16)27-24(25)28-22(20)31/h4-8,14-16,18-19H,9-13H2,1-3H3,(H,29,33)(H2,25,27,28)/t15-,18-,19+,38-/m0/s1. The van der Waals surface area contributed by atoms with E-state index in [0.717, 1.165) is 12.8 Å². The van der Waals surface area contributed by atoms with Crippen LogP contribution in [-0.2, 0) is 23.4 Å². The zero-order valence-corrected chi connectivity index (χ0v) is 22.4. The van der Waals surface area contributed by atoms with Crippen molar-refractivity contribution >= 4 is 36.6 Å². The van der Waals surface area contributed by atoms with Crippen LogP contribution < -0.4 is 20.2 Å². The molecule has 2 fully saturated rings. The quantitative estimate of drug-likeness (QED) is 0.269. The first-order valence-electron chi connectivity index (χ1n) is 12.5. The molecular weight excluding hydrogens is 513 g/mol. The first-order chi connectivity index (χ1) is 18.3. The van der Waals surface area contributed by atoms with Crippen molar-refractivity contribution < 1.29 is 27.9 Å². The summed E-state index contributed by atoms with van der Waals surface area (Å²) >= 11 is 0. The minimum Gasteiger partial charge on any atom is -0.468 e. The Hall–Kier alpha value is -3.25. The van der Waals surface area contributed by atoms with Crippen LogP contribution in [0.25, 0.3) is 11.2 Å². The number of nitrogen functional groups attached to an aromatic ring is 1. The van der Waals surface area contributed by atoms with E-state index in [-0.39, 0.29) is 24.9 Å². The number of aromatic nitrogens is 4. The Morgan fingerprint density at radius 2 is 2.03 bits per heavy atom. The van der Waals surface area contributed by atoms with E-state index in [4.69, 9.17) is 24.3 Å². The second kappa shape index (κ2) is 10.9. The van der Waals surface area contributed by atoms with E-state index in [1.165, 1.54) is 14.0 Å². The van der Waals surface area contributed by atoms with E-state index in [0.29, 0.717) is 41.6 Å². The molecule has 3 heterocycles. The first-order valence-corrected chi connectivity index (χ1v) is 14.0. The Morgan fingerprint density at radius 3 is 2.74 bits per heavy atom. The van der Waals surface area contributed by atoms with Gasteiger partial charge in [0.25, 0.3) is 0 Å². The van der Waals surface area contributed by atoms with Crippen LogP contribution in [0.3, 0.4) is 0 Å². The zero-order valence-electron chi connectivity index (χ0n) is 21.5. The summed E-state index contributed by atoms with van der Waals surface area (Å²) in [6.45, 7) is 1.49. The fourth-order valence-electron chi connectivity index (χ4n) is 4.38. The zero-order chi connectivity index (χ0) is 26.9. The number of fused-ring (bicyclic) bond motifs is 1. The van der Waals surface area contributed by atoms with Gasteiger partial charge in [0.1, 0.15) is 18.0 Å². The number of hydrogen-bond donors (Lipinski definition) is 2. The summed E-state index contributed by atoms with van der Waals surface area (Å²) in [5.74, 6) is 0.614. The van der Waals surface area contributed by atoms with Gasteiger partial charge in [-0.25, -0.2) is 9.55 Å². The van der Waals surface area contributed by atoms with Crippen LogP contribution in [0.1, 0.15) is 38.8 Å². The Labute approximate surface area is 220 Å². The molecule has 1 aliphatic heterocycles. The minimum atomic E-state index is -3.96. The Balaban J connectivity index is 1.28. The summed E-state index contributed by atoms with van der Waals surface area (Å²) in [7, 11) is -0.716. The molecule has 38 heavy (non-hydrogen) atoms. The fourth-order valence-corrected chi connectivity index (χ4v) is 5.90. The van der Waals surface area contributed by atoms with Gasteiger partial charge in [0.05, 0.1) is 26.1 Å². The lowest BCUT2D eigenvalue weighted by molar-refractivity contribution is -0.142. The molecule has 1 saturated heterocycles. The highest BCUT2D eigenvalue weighted by Gasteiger charge is 2.36. The number of rotatable bonds is 11. The van der Waals surface area contributed by atoms with Crippen molar-refractivity contribution in [2.45, 2.75) is 57.0 Å². The number of carbonyl (C=O) groups excluding carboxylic acids is 1. The minimum absolute atomic E-state index is 0.0269. The highest BCUT2D eigenvalue weighted by molar-refractivity contribution is 7.52. The van der Waals surface area contributed by atoms with Gasteiger partial charge in [0.2, 0.25) is 5.95 Å². The number of hydrogen-bond acceptors (Lipinski definition) is 11. The van der Waals surface area contributed by atoms with Crippen LogP contribution >= 0.6 is 7.75 Å². The molecule has 1 aromatic carbocycles. The average molecular weight is 546 g/mol. The number of imidazole rings is 1. The lowest BCUT2D eigenvalue weighted by Crippen LogP contribution is -2.35. The SMILES string of the molecule is COC(=O)[C@H](C)N[P@](=O)(OC[C@@H]1CC[C@H](n2cnc3c(N(C)C4CC4)nc(N)nc32)O1)Oc1ccccc1. The Morgan fingerprint density at radius 1 is 1.26 bits per heavy atom. The number of esters is 1.